The number of nitrogens with one attached hydrogen (secondary N) is 1. The second kappa shape index (κ2) is 16.9. The van der Waals surface area contributed by atoms with Gasteiger partial charge >= 0.3 is 0 Å². The summed E-state index contributed by atoms with van der Waals surface area (Å²) in [5, 5.41) is 19.1. The van der Waals surface area contributed by atoms with Gasteiger partial charge in [-0.3, -0.25) is 14.4 Å². The Hall–Kier alpha value is -5.18. The fourth-order valence-corrected chi connectivity index (χ4v) is 5.08. The summed E-state index contributed by atoms with van der Waals surface area (Å²) in [6.45, 7) is 10.9. The smallest absolute Gasteiger partial charge is 0.273 e. The van der Waals surface area contributed by atoms with Gasteiger partial charge in [0.1, 0.15) is 5.52 Å². The number of hydrogen-bond donors (Lipinski definition) is 3. The lowest BCUT2D eigenvalue weighted by Crippen LogP contribution is -2.40. The molecule has 0 aliphatic carbocycles. The van der Waals surface area contributed by atoms with Crippen molar-refractivity contribution in [3.8, 4) is 0 Å². The molecule has 2 aromatic heterocycles. The second-order valence-electron chi connectivity index (χ2n) is 10.7. The van der Waals surface area contributed by atoms with E-state index in [9.17, 15) is 14.4 Å². The van der Waals surface area contributed by atoms with Crippen molar-refractivity contribution in [3.63, 3.8) is 0 Å². The normalized spacial score (nSPS) is 14.4. The van der Waals surface area contributed by atoms with E-state index in [1.165, 1.54) is 6.42 Å². The SMILES string of the molecule is CC.CCCn1nnc2cc(C(N)=O)ccc21.NC(=O)c1nnc(N2CCCCC2)nc1Nc1ccc(C(=O)N2CCOCC2)cc1. The standard InChI is InChI=1S/C20H25N7O3.C10H12N4O.C2H6/c21-17(28)16-18(23-20(25-24-16)27-8-2-1-3-9-27)22-15-6-4-14(5-7-15)19(29)26-10-12-30-13-11-26;1-2-5-14-9-4-3-7(10(11)15)6-8(9)12-13-14;1-2/h4-7H,1-3,8-13H2,(H2,21,28)(H,22,23,25);3-4,6H,2,5H2,1H3,(H2,11,15);1-2H3. The van der Waals surface area contributed by atoms with Gasteiger partial charge in [-0.25, -0.2) is 4.68 Å². The predicted molar refractivity (Wildman–Crippen MR) is 179 cm³/mol. The van der Waals surface area contributed by atoms with Crippen LogP contribution in [0.25, 0.3) is 11.0 Å². The maximum atomic E-state index is 12.6. The summed E-state index contributed by atoms with van der Waals surface area (Å²) in [5.74, 6) is -0.450. The first-order valence-electron chi connectivity index (χ1n) is 16.0. The average Bonchev–Trinajstić information content (AvgIpc) is 3.52. The number of primary amides is 2. The first-order valence-corrected chi connectivity index (χ1v) is 16.0. The van der Waals surface area contributed by atoms with Crippen molar-refractivity contribution in [2.75, 3.05) is 49.6 Å². The zero-order valence-electron chi connectivity index (χ0n) is 27.2. The maximum Gasteiger partial charge on any atom is 0.273 e. The summed E-state index contributed by atoms with van der Waals surface area (Å²) in [5.41, 5.74) is 14.0. The van der Waals surface area contributed by atoms with Gasteiger partial charge in [0, 0.05) is 49.5 Å². The molecule has 2 fully saturated rings. The molecule has 4 aromatic rings. The topological polar surface area (TPSA) is 200 Å². The van der Waals surface area contributed by atoms with Crippen LogP contribution < -0.4 is 21.7 Å². The number of carbonyl (C=O) groups excluding carboxylic acids is 3. The number of ether oxygens (including phenoxy) is 1. The molecule has 4 heterocycles. The molecule has 0 saturated carbocycles. The molecule has 0 atom stereocenters. The van der Waals surface area contributed by atoms with E-state index in [2.05, 4.69) is 42.6 Å². The highest BCUT2D eigenvalue weighted by Crippen LogP contribution is 2.22. The van der Waals surface area contributed by atoms with Gasteiger partial charge in [-0.1, -0.05) is 26.0 Å². The van der Waals surface area contributed by atoms with Crippen LogP contribution in [0.2, 0.25) is 0 Å². The number of fused-ring (bicyclic) bond motifs is 1. The number of nitrogens with zero attached hydrogens (tertiary/aromatic N) is 8. The number of morpholine rings is 1. The Morgan fingerprint density at radius 2 is 1.53 bits per heavy atom. The molecule has 2 aliphatic rings. The third-order valence-electron chi connectivity index (χ3n) is 7.47. The number of aromatic nitrogens is 6. The van der Waals surface area contributed by atoms with E-state index in [1.54, 1.807) is 41.3 Å². The van der Waals surface area contributed by atoms with Crippen LogP contribution >= 0.6 is 0 Å². The molecule has 0 bridgehead atoms. The van der Waals surface area contributed by atoms with Crippen molar-refractivity contribution in [3.05, 3.63) is 59.3 Å². The lowest BCUT2D eigenvalue weighted by Gasteiger charge is -2.27. The highest BCUT2D eigenvalue weighted by atomic mass is 16.5. The summed E-state index contributed by atoms with van der Waals surface area (Å²) in [4.78, 5) is 43.6. The number of aryl methyl sites for hydroxylation is 1. The highest BCUT2D eigenvalue weighted by Gasteiger charge is 2.21. The fraction of sp³-hybridized carbons (Fsp3) is 0.438. The van der Waals surface area contributed by atoms with E-state index >= 15 is 0 Å². The van der Waals surface area contributed by atoms with E-state index in [1.807, 2.05) is 24.6 Å². The largest absolute Gasteiger partial charge is 0.378 e. The number of carbonyl (C=O) groups is 3. The predicted octanol–water partition coefficient (Wildman–Crippen LogP) is 3.14. The van der Waals surface area contributed by atoms with E-state index in [4.69, 9.17) is 16.2 Å². The van der Waals surface area contributed by atoms with Crippen molar-refractivity contribution >= 4 is 46.2 Å². The Morgan fingerprint density at radius 3 is 2.17 bits per heavy atom. The van der Waals surface area contributed by atoms with Crippen LogP contribution in [-0.4, -0.2) is 92.2 Å². The van der Waals surface area contributed by atoms with E-state index in [0.717, 1.165) is 44.4 Å². The number of anilines is 3. The summed E-state index contributed by atoms with van der Waals surface area (Å²) in [6, 6.07) is 12.2. The number of hydrogen-bond acceptors (Lipinski definition) is 11. The van der Waals surface area contributed by atoms with Crippen molar-refractivity contribution in [1.82, 2.24) is 35.1 Å². The second-order valence-corrected chi connectivity index (χ2v) is 10.7. The summed E-state index contributed by atoms with van der Waals surface area (Å²) >= 11 is 0. The van der Waals surface area contributed by atoms with Gasteiger partial charge in [0.25, 0.3) is 11.8 Å². The van der Waals surface area contributed by atoms with Crippen molar-refractivity contribution in [2.24, 2.45) is 11.5 Å². The first-order chi connectivity index (χ1) is 22.8. The summed E-state index contributed by atoms with van der Waals surface area (Å²) in [6.07, 6.45) is 4.32. The molecule has 6 rings (SSSR count). The molecule has 5 N–H and O–H groups in total. The Balaban J connectivity index is 0.000000246. The molecule has 15 heteroatoms. The highest BCUT2D eigenvalue weighted by molar-refractivity contribution is 5.97. The van der Waals surface area contributed by atoms with Crippen LogP contribution in [0, 0.1) is 0 Å². The van der Waals surface area contributed by atoms with E-state index < -0.39 is 11.8 Å². The zero-order valence-corrected chi connectivity index (χ0v) is 27.2. The molecule has 0 unspecified atom stereocenters. The Morgan fingerprint density at radius 1 is 0.851 bits per heavy atom. The molecule has 3 amide bonds. The van der Waals surface area contributed by atoms with Gasteiger partial charge in [-0.2, -0.15) is 4.98 Å². The van der Waals surface area contributed by atoms with Crippen LogP contribution in [0.4, 0.5) is 17.5 Å². The van der Waals surface area contributed by atoms with Gasteiger partial charge in [0.05, 0.1) is 18.7 Å². The number of nitrogens with two attached hydrogens (primary N) is 2. The van der Waals surface area contributed by atoms with E-state index in [0.29, 0.717) is 54.6 Å². The molecule has 250 valence electrons. The minimum atomic E-state index is -0.707. The molecule has 15 nitrogen and oxygen atoms in total. The number of piperidine rings is 1. The number of amides is 3. The van der Waals surface area contributed by atoms with Crippen LogP contribution in [0.15, 0.2) is 42.5 Å². The summed E-state index contributed by atoms with van der Waals surface area (Å²) < 4.78 is 7.11. The number of rotatable bonds is 8. The summed E-state index contributed by atoms with van der Waals surface area (Å²) in [7, 11) is 0. The lowest BCUT2D eigenvalue weighted by atomic mass is 10.1. The fourth-order valence-electron chi connectivity index (χ4n) is 5.08. The van der Waals surface area contributed by atoms with Crippen LogP contribution in [-0.2, 0) is 11.3 Å². The van der Waals surface area contributed by atoms with Crippen LogP contribution in [0.5, 0.6) is 0 Å². The van der Waals surface area contributed by atoms with Gasteiger partial charge in [0.2, 0.25) is 11.9 Å². The average molecular weight is 646 g/mol. The maximum absolute atomic E-state index is 12.6. The van der Waals surface area contributed by atoms with Gasteiger partial charge in [-0.05, 0) is 68.1 Å². The van der Waals surface area contributed by atoms with Crippen molar-refractivity contribution in [1.29, 1.82) is 0 Å². The van der Waals surface area contributed by atoms with Crippen LogP contribution in [0.3, 0.4) is 0 Å². The minimum absolute atomic E-state index is 0.0239. The van der Waals surface area contributed by atoms with Crippen molar-refractivity contribution in [2.45, 2.75) is 53.0 Å². The third kappa shape index (κ3) is 8.97. The minimum Gasteiger partial charge on any atom is -0.378 e. The molecular weight excluding hydrogens is 602 g/mol. The monoisotopic (exact) mass is 645 g/mol. The van der Waals surface area contributed by atoms with Crippen molar-refractivity contribution < 1.29 is 19.1 Å². The lowest BCUT2D eigenvalue weighted by molar-refractivity contribution is 0.0303. The molecule has 0 spiro atoms. The van der Waals surface area contributed by atoms with Crippen LogP contribution in [0.1, 0.15) is 77.7 Å². The van der Waals surface area contributed by atoms with Gasteiger partial charge in [0.15, 0.2) is 11.5 Å². The Bertz CT molecular complexity index is 1650. The quantitative estimate of drug-likeness (QED) is 0.254. The number of benzene rings is 2. The third-order valence-corrected chi connectivity index (χ3v) is 7.47. The molecule has 47 heavy (non-hydrogen) atoms. The Kier molecular flexibility index (Phi) is 12.5. The molecule has 2 saturated heterocycles. The molecular formula is C32H43N11O4. The van der Waals surface area contributed by atoms with E-state index in [-0.39, 0.29) is 17.4 Å². The van der Waals surface area contributed by atoms with Gasteiger partial charge < -0.3 is 31.3 Å². The molecule has 2 aliphatic heterocycles. The molecule has 2 aromatic carbocycles. The van der Waals surface area contributed by atoms with Gasteiger partial charge in [-0.15, -0.1) is 15.3 Å². The molecule has 0 radical (unpaired) electrons. The first kappa shape index (κ1) is 34.7. The zero-order chi connectivity index (χ0) is 33.8. The Labute approximate surface area is 273 Å².